The van der Waals surface area contributed by atoms with Gasteiger partial charge in [-0.3, -0.25) is 4.90 Å². The van der Waals surface area contributed by atoms with Crippen LogP contribution in [0.25, 0.3) is 0 Å². The lowest BCUT2D eigenvalue weighted by Crippen LogP contribution is -2.32. The normalized spacial score (nSPS) is 12.1. The number of esters is 1. The Balaban J connectivity index is 2.20. The Bertz CT molecular complexity index is 554. The van der Waals surface area contributed by atoms with Gasteiger partial charge in [0.2, 0.25) is 0 Å². The van der Waals surface area contributed by atoms with E-state index in [4.69, 9.17) is 4.74 Å². The van der Waals surface area contributed by atoms with Gasteiger partial charge in [0.25, 0.3) is 0 Å². The Labute approximate surface area is 126 Å². The molecule has 110 valence electrons. The van der Waals surface area contributed by atoms with E-state index in [1.54, 1.807) is 0 Å². The maximum atomic E-state index is 12.3. The highest BCUT2D eigenvalue weighted by molar-refractivity contribution is 5.77. The summed E-state index contributed by atoms with van der Waals surface area (Å²) in [4.78, 5) is 14.3. The van der Waals surface area contributed by atoms with Crippen LogP contribution < -0.4 is 0 Å². The first-order chi connectivity index (χ1) is 10.2. The second kappa shape index (κ2) is 7.60. The number of benzene rings is 2. The quantitative estimate of drug-likeness (QED) is 0.761. The number of carbonyl (C=O) groups is 1. The summed E-state index contributed by atoms with van der Waals surface area (Å²) in [5, 5.41) is 0. The first kappa shape index (κ1) is 15.3. The summed E-state index contributed by atoms with van der Waals surface area (Å²) < 4.78 is 5.24. The number of carbonyl (C=O) groups excluding carboxylic acids is 1. The zero-order valence-electron chi connectivity index (χ0n) is 12.5. The standard InChI is InChI=1S/C18H21NO2/c1-3-21-18(20)17(16-12-8-5-9-13-16)19(2)14-15-10-6-4-7-11-15/h4-13,17H,3,14H2,1-2H3. The fourth-order valence-corrected chi connectivity index (χ4v) is 2.39. The lowest BCUT2D eigenvalue weighted by molar-refractivity contribution is -0.149. The molecule has 0 bridgehead atoms. The molecule has 2 aromatic rings. The second-order valence-electron chi connectivity index (χ2n) is 4.97. The van der Waals surface area contributed by atoms with E-state index in [0.29, 0.717) is 13.2 Å². The van der Waals surface area contributed by atoms with E-state index in [1.807, 2.05) is 67.4 Å². The van der Waals surface area contributed by atoms with Crippen molar-refractivity contribution in [1.82, 2.24) is 4.90 Å². The number of ether oxygens (including phenoxy) is 1. The molecule has 0 amide bonds. The average Bonchev–Trinajstić information content (AvgIpc) is 2.50. The first-order valence-corrected chi connectivity index (χ1v) is 7.18. The van der Waals surface area contributed by atoms with E-state index >= 15 is 0 Å². The fraction of sp³-hybridized carbons (Fsp3) is 0.278. The molecule has 2 rings (SSSR count). The van der Waals surface area contributed by atoms with Crippen molar-refractivity contribution in [2.75, 3.05) is 13.7 Å². The Kier molecular flexibility index (Phi) is 5.52. The van der Waals surface area contributed by atoms with Gasteiger partial charge in [-0.25, -0.2) is 4.79 Å². The molecular weight excluding hydrogens is 262 g/mol. The molecule has 0 aliphatic rings. The number of nitrogens with zero attached hydrogens (tertiary/aromatic N) is 1. The lowest BCUT2D eigenvalue weighted by atomic mass is 10.0. The molecule has 1 unspecified atom stereocenters. The van der Waals surface area contributed by atoms with Crippen LogP contribution in [0.1, 0.15) is 24.1 Å². The second-order valence-corrected chi connectivity index (χ2v) is 4.97. The first-order valence-electron chi connectivity index (χ1n) is 7.18. The summed E-state index contributed by atoms with van der Waals surface area (Å²) in [6.45, 7) is 2.91. The van der Waals surface area contributed by atoms with Crippen LogP contribution in [-0.4, -0.2) is 24.5 Å². The minimum Gasteiger partial charge on any atom is -0.465 e. The van der Waals surface area contributed by atoms with Crippen LogP contribution in [-0.2, 0) is 16.1 Å². The van der Waals surface area contributed by atoms with Crippen LogP contribution in [0.5, 0.6) is 0 Å². The van der Waals surface area contributed by atoms with Crippen molar-refractivity contribution in [3.8, 4) is 0 Å². The summed E-state index contributed by atoms with van der Waals surface area (Å²) in [6.07, 6.45) is 0. The molecule has 1 atom stereocenters. The largest absolute Gasteiger partial charge is 0.465 e. The zero-order valence-corrected chi connectivity index (χ0v) is 12.5. The van der Waals surface area contributed by atoms with Crippen LogP contribution in [0.4, 0.5) is 0 Å². The molecule has 0 saturated carbocycles. The summed E-state index contributed by atoms with van der Waals surface area (Å²) in [6, 6.07) is 19.5. The summed E-state index contributed by atoms with van der Waals surface area (Å²) in [5.41, 5.74) is 2.12. The molecule has 0 saturated heterocycles. The van der Waals surface area contributed by atoms with Crippen LogP contribution in [0, 0.1) is 0 Å². The van der Waals surface area contributed by atoms with Crippen molar-refractivity contribution >= 4 is 5.97 Å². The van der Waals surface area contributed by atoms with E-state index in [-0.39, 0.29) is 12.0 Å². The van der Waals surface area contributed by atoms with Gasteiger partial charge < -0.3 is 4.74 Å². The molecule has 0 heterocycles. The van der Waals surface area contributed by atoms with Crippen molar-refractivity contribution in [1.29, 1.82) is 0 Å². The van der Waals surface area contributed by atoms with Gasteiger partial charge in [-0.2, -0.15) is 0 Å². The molecule has 3 heteroatoms. The van der Waals surface area contributed by atoms with E-state index in [9.17, 15) is 4.79 Å². The van der Waals surface area contributed by atoms with Gasteiger partial charge in [-0.05, 0) is 25.1 Å². The molecule has 0 N–H and O–H groups in total. The van der Waals surface area contributed by atoms with Gasteiger partial charge in [-0.15, -0.1) is 0 Å². The highest BCUT2D eigenvalue weighted by Gasteiger charge is 2.26. The number of hydrogen-bond acceptors (Lipinski definition) is 3. The maximum absolute atomic E-state index is 12.3. The van der Waals surface area contributed by atoms with Gasteiger partial charge in [0.15, 0.2) is 0 Å². The molecule has 0 fully saturated rings. The minimum atomic E-state index is -0.383. The molecule has 0 aromatic heterocycles. The average molecular weight is 283 g/mol. The molecule has 0 spiro atoms. The van der Waals surface area contributed by atoms with Crippen molar-refractivity contribution in [3.05, 3.63) is 71.8 Å². The minimum absolute atomic E-state index is 0.206. The van der Waals surface area contributed by atoms with Gasteiger partial charge in [0.05, 0.1) is 6.61 Å². The van der Waals surface area contributed by atoms with Gasteiger partial charge >= 0.3 is 5.97 Å². The van der Waals surface area contributed by atoms with E-state index in [1.165, 1.54) is 5.56 Å². The van der Waals surface area contributed by atoms with Crippen molar-refractivity contribution in [3.63, 3.8) is 0 Å². The third kappa shape index (κ3) is 4.17. The van der Waals surface area contributed by atoms with Crippen LogP contribution in [0.2, 0.25) is 0 Å². The van der Waals surface area contributed by atoms with Crippen LogP contribution >= 0.6 is 0 Å². The number of likely N-dealkylation sites (N-methyl/N-ethyl adjacent to an activating group) is 1. The molecule has 2 aromatic carbocycles. The Hall–Kier alpha value is -2.13. The summed E-state index contributed by atoms with van der Waals surface area (Å²) in [7, 11) is 1.95. The molecule has 21 heavy (non-hydrogen) atoms. The van der Waals surface area contributed by atoms with Crippen LogP contribution in [0.3, 0.4) is 0 Å². The third-order valence-corrected chi connectivity index (χ3v) is 3.34. The number of hydrogen-bond donors (Lipinski definition) is 0. The molecule has 3 nitrogen and oxygen atoms in total. The van der Waals surface area contributed by atoms with Crippen molar-refractivity contribution < 1.29 is 9.53 Å². The topological polar surface area (TPSA) is 29.5 Å². The summed E-state index contributed by atoms with van der Waals surface area (Å²) in [5.74, 6) is -0.206. The Morgan fingerprint density at radius 2 is 1.62 bits per heavy atom. The van der Waals surface area contributed by atoms with E-state index < -0.39 is 0 Å². The van der Waals surface area contributed by atoms with Crippen LogP contribution in [0.15, 0.2) is 60.7 Å². The van der Waals surface area contributed by atoms with E-state index in [0.717, 1.165) is 5.56 Å². The smallest absolute Gasteiger partial charge is 0.327 e. The predicted octanol–water partition coefficient (Wildman–Crippen LogP) is 3.42. The monoisotopic (exact) mass is 283 g/mol. The molecule has 0 aliphatic heterocycles. The highest BCUT2D eigenvalue weighted by Crippen LogP contribution is 2.22. The fourth-order valence-electron chi connectivity index (χ4n) is 2.39. The third-order valence-electron chi connectivity index (χ3n) is 3.34. The predicted molar refractivity (Wildman–Crippen MR) is 83.7 cm³/mol. The van der Waals surface area contributed by atoms with Gasteiger partial charge in [0, 0.05) is 6.54 Å². The SMILES string of the molecule is CCOC(=O)C(c1ccccc1)N(C)Cc1ccccc1. The Morgan fingerprint density at radius 3 is 2.19 bits per heavy atom. The zero-order chi connectivity index (χ0) is 15.1. The lowest BCUT2D eigenvalue weighted by Gasteiger charge is -2.26. The molecular formula is C18H21NO2. The Morgan fingerprint density at radius 1 is 1.05 bits per heavy atom. The van der Waals surface area contributed by atoms with Gasteiger partial charge in [0.1, 0.15) is 6.04 Å². The number of rotatable bonds is 6. The summed E-state index contributed by atoms with van der Waals surface area (Å²) >= 11 is 0. The van der Waals surface area contributed by atoms with Gasteiger partial charge in [-0.1, -0.05) is 60.7 Å². The maximum Gasteiger partial charge on any atom is 0.327 e. The molecule has 0 radical (unpaired) electrons. The van der Waals surface area contributed by atoms with Crippen molar-refractivity contribution in [2.45, 2.75) is 19.5 Å². The van der Waals surface area contributed by atoms with Crippen molar-refractivity contribution in [2.24, 2.45) is 0 Å². The van der Waals surface area contributed by atoms with E-state index in [2.05, 4.69) is 12.1 Å². The molecule has 0 aliphatic carbocycles. The highest BCUT2D eigenvalue weighted by atomic mass is 16.5.